The molecule has 2 aromatic carbocycles. The topological polar surface area (TPSA) is 61.4 Å². The number of oxazole rings is 1. The summed E-state index contributed by atoms with van der Waals surface area (Å²) in [7, 11) is 0. The monoisotopic (exact) mass is 371 g/mol. The van der Waals surface area contributed by atoms with Crippen LogP contribution in [0.25, 0.3) is 11.1 Å². The van der Waals surface area contributed by atoms with Crippen molar-refractivity contribution in [2.75, 3.05) is 0 Å². The third-order valence-electron chi connectivity index (χ3n) is 3.04. The van der Waals surface area contributed by atoms with Gasteiger partial charge in [0.2, 0.25) is 0 Å². The quantitative estimate of drug-likeness (QED) is 0.511. The fourth-order valence-electron chi connectivity index (χ4n) is 2.07. The third kappa shape index (κ3) is 3.22. The van der Waals surface area contributed by atoms with Crippen LogP contribution in [-0.4, -0.2) is 10.5 Å². The van der Waals surface area contributed by atoms with E-state index in [1.807, 2.05) is 0 Å². The summed E-state index contributed by atoms with van der Waals surface area (Å²) in [4.78, 5) is 23.9. The summed E-state index contributed by atoms with van der Waals surface area (Å²) in [5.41, 5.74) is 0.871. The largest absolute Gasteiger partial charge is 0.422 e. The van der Waals surface area contributed by atoms with Crippen LogP contribution in [0, 0.1) is 0 Å². The molecule has 1 aromatic heterocycles. The normalized spacial score (nSPS) is 10.9. The second-order valence-electron chi connectivity index (χ2n) is 4.59. The van der Waals surface area contributed by atoms with E-state index in [0.717, 1.165) is 4.57 Å². The zero-order valence-corrected chi connectivity index (χ0v) is 13.7. The summed E-state index contributed by atoms with van der Waals surface area (Å²) in [5, 5.41) is 0.511. The molecule has 118 valence electrons. The fourth-order valence-corrected chi connectivity index (χ4v) is 2.96. The highest BCUT2D eigenvalue weighted by atomic mass is 35.5. The molecule has 3 aromatic rings. The number of rotatable bonds is 3. The molecule has 0 spiro atoms. The van der Waals surface area contributed by atoms with Gasteiger partial charge in [0, 0.05) is 5.02 Å². The van der Waals surface area contributed by atoms with Crippen LogP contribution in [0.1, 0.15) is 0 Å². The number of carbonyl (C=O) groups excluding carboxylic acids is 1. The standard InChI is InChI=1S/C15H8Cl3NO4/c16-8-5-9(17)14(10(18)6-8)23-13(20)7-19-11-3-1-2-4-12(11)22-15(19)21/h1-6H,7H2. The third-order valence-corrected chi connectivity index (χ3v) is 3.82. The molecule has 8 heteroatoms. The number of aromatic nitrogens is 1. The smallest absolute Gasteiger partial charge is 0.420 e. The molecule has 0 aliphatic heterocycles. The summed E-state index contributed by atoms with van der Waals surface area (Å²) in [6.45, 7) is -0.342. The van der Waals surface area contributed by atoms with Crippen LogP contribution in [0.15, 0.2) is 45.6 Å². The van der Waals surface area contributed by atoms with Gasteiger partial charge in [-0.1, -0.05) is 46.9 Å². The number of benzene rings is 2. The first kappa shape index (κ1) is 15.9. The molecule has 0 bridgehead atoms. The van der Waals surface area contributed by atoms with Crippen molar-refractivity contribution in [1.82, 2.24) is 4.57 Å². The van der Waals surface area contributed by atoms with E-state index in [9.17, 15) is 9.59 Å². The Labute approximate surface area is 144 Å². The Balaban J connectivity index is 1.88. The van der Waals surface area contributed by atoms with Crippen molar-refractivity contribution in [2.45, 2.75) is 6.54 Å². The maximum atomic E-state index is 12.1. The first-order valence-electron chi connectivity index (χ1n) is 6.39. The number of para-hydroxylation sites is 2. The summed E-state index contributed by atoms with van der Waals surface area (Å²) < 4.78 is 11.4. The Morgan fingerprint density at radius 3 is 2.48 bits per heavy atom. The number of fused-ring (bicyclic) bond motifs is 1. The van der Waals surface area contributed by atoms with Crippen molar-refractivity contribution in [3.63, 3.8) is 0 Å². The van der Waals surface area contributed by atoms with Gasteiger partial charge in [0.25, 0.3) is 0 Å². The summed E-state index contributed by atoms with van der Waals surface area (Å²) in [6.07, 6.45) is 0. The van der Waals surface area contributed by atoms with E-state index in [0.29, 0.717) is 16.1 Å². The Morgan fingerprint density at radius 1 is 1.13 bits per heavy atom. The second-order valence-corrected chi connectivity index (χ2v) is 5.85. The van der Waals surface area contributed by atoms with Gasteiger partial charge >= 0.3 is 11.7 Å². The van der Waals surface area contributed by atoms with Gasteiger partial charge in [-0.05, 0) is 24.3 Å². The minimum atomic E-state index is -0.718. The van der Waals surface area contributed by atoms with E-state index < -0.39 is 11.7 Å². The maximum Gasteiger partial charge on any atom is 0.420 e. The first-order chi connectivity index (χ1) is 11.0. The molecule has 0 aliphatic carbocycles. The maximum absolute atomic E-state index is 12.1. The van der Waals surface area contributed by atoms with Crippen LogP contribution in [0.3, 0.4) is 0 Å². The van der Waals surface area contributed by atoms with Crippen LogP contribution < -0.4 is 10.5 Å². The molecule has 0 saturated heterocycles. The Bertz CT molecular complexity index is 938. The SMILES string of the molecule is O=C(Cn1c(=O)oc2ccccc21)Oc1c(Cl)cc(Cl)cc1Cl. The second kappa shape index (κ2) is 6.28. The highest BCUT2D eigenvalue weighted by Gasteiger charge is 2.17. The molecule has 0 amide bonds. The number of hydrogen-bond acceptors (Lipinski definition) is 4. The summed E-state index contributed by atoms with van der Waals surface area (Å²) in [5.74, 6) is -1.38. The molecule has 1 heterocycles. The average molecular weight is 373 g/mol. The zero-order valence-electron chi connectivity index (χ0n) is 11.4. The summed E-state index contributed by atoms with van der Waals surface area (Å²) >= 11 is 17.7. The Kier molecular flexibility index (Phi) is 4.35. The van der Waals surface area contributed by atoms with Crippen molar-refractivity contribution >= 4 is 51.9 Å². The predicted molar refractivity (Wildman–Crippen MR) is 87.6 cm³/mol. The van der Waals surface area contributed by atoms with Gasteiger partial charge in [-0.2, -0.15) is 0 Å². The first-order valence-corrected chi connectivity index (χ1v) is 7.52. The Hall–Kier alpha value is -1.95. The number of hydrogen-bond donors (Lipinski definition) is 0. The van der Waals surface area contributed by atoms with Gasteiger partial charge in [-0.15, -0.1) is 0 Å². The lowest BCUT2D eigenvalue weighted by atomic mass is 10.3. The van der Waals surface area contributed by atoms with E-state index in [4.69, 9.17) is 44.0 Å². The molecule has 0 fully saturated rings. The van der Waals surface area contributed by atoms with Crippen molar-refractivity contribution in [3.8, 4) is 5.75 Å². The molecule has 0 saturated carbocycles. The fraction of sp³-hybridized carbons (Fsp3) is 0.0667. The van der Waals surface area contributed by atoms with Crippen molar-refractivity contribution < 1.29 is 13.9 Å². The van der Waals surface area contributed by atoms with E-state index >= 15 is 0 Å². The minimum Gasteiger partial charge on any atom is -0.422 e. The molecule has 0 atom stereocenters. The van der Waals surface area contributed by atoms with Crippen LogP contribution >= 0.6 is 34.8 Å². The van der Waals surface area contributed by atoms with E-state index in [2.05, 4.69) is 0 Å². The highest BCUT2D eigenvalue weighted by Crippen LogP contribution is 2.35. The Morgan fingerprint density at radius 2 is 1.78 bits per heavy atom. The molecule has 23 heavy (non-hydrogen) atoms. The van der Waals surface area contributed by atoms with Gasteiger partial charge < -0.3 is 9.15 Å². The van der Waals surface area contributed by atoms with Crippen molar-refractivity contribution in [3.05, 3.63) is 62.0 Å². The number of halogens is 3. The van der Waals surface area contributed by atoms with E-state index in [1.165, 1.54) is 12.1 Å². The molecule has 0 radical (unpaired) electrons. The number of carbonyl (C=O) groups is 1. The van der Waals surface area contributed by atoms with Gasteiger partial charge in [0.05, 0.1) is 15.6 Å². The van der Waals surface area contributed by atoms with Gasteiger partial charge in [0.1, 0.15) is 6.54 Å². The number of nitrogens with zero attached hydrogens (tertiary/aromatic N) is 1. The van der Waals surface area contributed by atoms with E-state index in [1.54, 1.807) is 24.3 Å². The zero-order chi connectivity index (χ0) is 16.6. The van der Waals surface area contributed by atoms with Gasteiger partial charge in [-0.25, -0.2) is 9.59 Å². The van der Waals surface area contributed by atoms with Crippen molar-refractivity contribution in [1.29, 1.82) is 0 Å². The van der Waals surface area contributed by atoms with Crippen LogP contribution in [-0.2, 0) is 11.3 Å². The highest BCUT2D eigenvalue weighted by molar-refractivity contribution is 6.40. The predicted octanol–water partition coefficient (Wildman–Crippen LogP) is 4.16. The van der Waals surface area contributed by atoms with Gasteiger partial charge in [-0.3, -0.25) is 4.57 Å². The van der Waals surface area contributed by atoms with Crippen molar-refractivity contribution in [2.24, 2.45) is 0 Å². The minimum absolute atomic E-state index is 0.0106. The molecule has 0 unspecified atom stereocenters. The molecular weight excluding hydrogens is 365 g/mol. The molecule has 0 aliphatic rings. The lowest BCUT2D eigenvalue weighted by Gasteiger charge is -2.09. The van der Waals surface area contributed by atoms with Crippen LogP contribution in [0.2, 0.25) is 15.1 Å². The van der Waals surface area contributed by atoms with Crippen LogP contribution in [0.5, 0.6) is 5.75 Å². The molecule has 5 nitrogen and oxygen atoms in total. The lowest BCUT2D eigenvalue weighted by molar-refractivity contribution is -0.135. The van der Waals surface area contributed by atoms with Gasteiger partial charge in [0.15, 0.2) is 11.3 Å². The number of ether oxygens (including phenoxy) is 1. The van der Waals surface area contributed by atoms with Crippen LogP contribution in [0.4, 0.5) is 0 Å². The number of esters is 1. The average Bonchev–Trinajstić information content (AvgIpc) is 2.79. The molecule has 0 N–H and O–H groups in total. The lowest BCUT2D eigenvalue weighted by Crippen LogP contribution is -2.23. The summed E-state index contributed by atoms with van der Waals surface area (Å²) in [6, 6.07) is 9.54. The molecular formula is C15H8Cl3NO4. The van der Waals surface area contributed by atoms with E-state index in [-0.39, 0.29) is 22.3 Å². The molecule has 3 rings (SSSR count).